The minimum Gasteiger partial charge on any atom is -0.395 e. The van der Waals surface area contributed by atoms with Gasteiger partial charge in [-0.3, -0.25) is 4.72 Å². The van der Waals surface area contributed by atoms with Crippen molar-refractivity contribution in [2.24, 2.45) is 0 Å². The summed E-state index contributed by atoms with van der Waals surface area (Å²) in [5.74, 6) is 4.57. The highest BCUT2D eigenvalue weighted by Crippen LogP contribution is 2.16. The number of benzene rings is 1. The van der Waals surface area contributed by atoms with Gasteiger partial charge in [0.1, 0.15) is 5.82 Å². The Labute approximate surface area is 125 Å². The van der Waals surface area contributed by atoms with Gasteiger partial charge in [0.05, 0.1) is 17.9 Å². The van der Waals surface area contributed by atoms with Gasteiger partial charge in [-0.15, -0.1) is 0 Å². The summed E-state index contributed by atoms with van der Waals surface area (Å²) in [4.78, 5) is 0. The largest absolute Gasteiger partial charge is 0.395 e. The van der Waals surface area contributed by atoms with E-state index in [0.29, 0.717) is 13.1 Å². The fourth-order valence-corrected chi connectivity index (χ4v) is 2.90. The van der Waals surface area contributed by atoms with Crippen LogP contribution in [0.5, 0.6) is 0 Å². The van der Waals surface area contributed by atoms with Gasteiger partial charge in [-0.2, -0.15) is 12.7 Å². The monoisotopic (exact) mass is 314 g/mol. The molecule has 0 bridgehead atoms. The van der Waals surface area contributed by atoms with Crippen molar-refractivity contribution in [2.75, 3.05) is 24.4 Å². The lowest BCUT2D eigenvalue weighted by atomic mass is 10.2. The van der Waals surface area contributed by atoms with Crippen molar-refractivity contribution in [2.45, 2.75) is 20.3 Å². The number of hydrogen-bond acceptors (Lipinski definition) is 3. The molecule has 0 saturated heterocycles. The first-order chi connectivity index (χ1) is 9.94. The van der Waals surface area contributed by atoms with Gasteiger partial charge in [0.2, 0.25) is 0 Å². The quantitative estimate of drug-likeness (QED) is 0.783. The maximum atomic E-state index is 13.8. The lowest BCUT2D eigenvalue weighted by molar-refractivity contribution is 0.305. The van der Waals surface area contributed by atoms with Crippen molar-refractivity contribution >= 4 is 15.9 Å². The lowest BCUT2D eigenvalue weighted by Crippen LogP contribution is -2.35. The normalized spacial score (nSPS) is 11.1. The first-order valence-corrected chi connectivity index (χ1v) is 8.05. The maximum absolute atomic E-state index is 13.8. The van der Waals surface area contributed by atoms with E-state index in [1.54, 1.807) is 13.8 Å². The Morgan fingerprint density at radius 3 is 2.52 bits per heavy atom. The Hall–Kier alpha value is -1.62. The molecule has 0 amide bonds. The van der Waals surface area contributed by atoms with Crippen LogP contribution in [0.2, 0.25) is 0 Å². The molecule has 0 saturated carbocycles. The number of rotatable bonds is 6. The van der Waals surface area contributed by atoms with Crippen LogP contribution in [0.25, 0.3) is 0 Å². The first kappa shape index (κ1) is 17.4. The van der Waals surface area contributed by atoms with Crippen molar-refractivity contribution in [1.29, 1.82) is 0 Å². The fourth-order valence-electron chi connectivity index (χ4n) is 1.67. The van der Waals surface area contributed by atoms with Crippen LogP contribution in [0.4, 0.5) is 10.1 Å². The fraction of sp³-hybridized carbons (Fsp3) is 0.429. The number of halogens is 1. The van der Waals surface area contributed by atoms with Crippen molar-refractivity contribution < 1.29 is 17.9 Å². The predicted molar refractivity (Wildman–Crippen MR) is 80.4 cm³/mol. The molecule has 0 heterocycles. The number of nitrogens with zero attached hydrogens (tertiary/aromatic N) is 1. The van der Waals surface area contributed by atoms with Crippen LogP contribution >= 0.6 is 0 Å². The summed E-state index contributed by atoms with van der Waals surface area (Å²) in [5.41, 5.74) is 0.307. The van der Waals surface area contributed by atoms with Gasteiger partial charge in [0.25, 0.3) is 0 Å². The molecule has 0 spiro atoms. The highest BCUT2D eigenvalue weighted by molar-refractivity contribution is 7.90. The molecule has 21 heavy (non-hydrogen) atoms. The molecule has 1 aromatic carbocycles. The molecule has 0 radical (unpaired) electrons. The van der Waals surface area contributed by atoms with Crippen LogP contribution in [0.15, 0.2) is 18.2 Å². The van der Waals surface area contributed by atoms with Gasteiger partial charge in [-0.05, 0) is 18.2 Å². The smallest absolute Gasteiger partial charge is 0.301 e. The molecule has 0 fully saturated rings. The Bertz CT molecular complexity index is 631. The molecule has 1 aromatic rings. The van der Waals surface area contributed by atoms with E-state index in [2.05, 4.69) is 16.6 Å². The van der Waals surface area contributed by atoms with Gasteiger partial charge in [0.15, 0.2) is 0 Å². The number of hydrogen-bond donors (Lipinski definition) is 2. The molecule has 116 valence electrons. The van der Waals surface area contributed by atoms with Gasteiger partial charge in [0, 0.05) is 19.5 Å². The molecule has 2 N–H and O–H groups in total. The first-order valence-electron chi connectivity index (χ1n) is 6.61. The van der Waals surface area contributed by atoms with E-state index in [4.69, 9.17) is 5.11 Å². The van der Waals surface area contributed by atoms with Crippen LogP contribution in [-0.4, -0.2) is 37.5 Å². The van der Waals surface area contributed by atoms with Crippen molar-refractivity contribution in [3.63, 3.8) is 0 Å². The topological polar surface area (TPSA) is 69.6 Å². The molecule has 7 heteroatoms. The molecular formula is C14H19FN2O3S. The molecular weight excluding hydrogens is 295 g/mol. The zero-order valence-corrected chi connectivity index (χ0v) is 12.9. The molecule has 0 atom stereocenters. The minimum absolute atomic E-state index is 0.0869. The number of aliphatic hydroxyl groups is 1. The van der Waals surface area contributed by atoms with E-state index in [1.165, 1.54) is 16.4 Å². The van der Waals surface area contributed by atoms with E-state index < -0.39 is 16.0 Å². The Morgan fingerprint density at radius 1 is 1.33 bits per heavy atom. The van der Waals surface area contributed by atoms with Crippen molar-refractivity contribution in [3.8, 4) is 11.8 Å². The van der Waals surface area contributed by atoms with Gasteiger partial charge in [-0.1, -0.05) is 25.7 Å². The molecule has 0 aliphatic carbocycles. The van der Waals surface area contributed by atoms with Crippen molar-refractivity contribution in [3.05, 3.63) is 29.6 Å². The predicted octanol–water partition coefficient (Wildman–Crippen LogP) is 1.56. The Morgan fingerprint density at radius 2 is 2.00 bits per heavy atom. The Balaban J connectivity index is 2.93. The average molecular weight is 314 g/mol. The van der Waals surface area contributed by atoms with Crippen LogP contribution in [-0.2, 0) is 10.2 Å². The number of nitrogens with one attached hydrogen (secondary N) is 1. The summed E-state index contributed by atoms with van der Waals surface area (Å²) in [6, 6.07) is 3.94. The van der Waals surface area contributed by atoms with Crippen LogP contribution in [0.3, 0.4) is 0 Å². The molecule has 0 aromatic heterocycles. The van der Waals surface area contributed by atoms with E-state index >= 15 is 0 Å². The highest BCUT2D eigenvalue weighted by atomic mass is 32.2. The van der Waals surface area contributed by atoms with E-state index in [-0.39, 0.29) is 24.3 Å². The summed E-state index contributed by atoms with van der Waals surface area (Å²) in [7, 11) is -3.68. The lowest BCUT2D eigenvalue weighted by Gasteiger charge is -2.19. The SMILES string of the molecule is CCN(CC)S(=O)(=O)Nc1ccc(C#CCCO)c(F)c1. The van der Waals surface area contributed by atoms with E-state index in [0.717, 1.165) is 6.07 Å². The third kappa shape index (κ3) is 5.01. The summed E-state index contributed by atoms with van der Waals surface area (Å²) in [5, 5.41) is 8.61. The highest BCUT2D eigenvalue weighted by Gasteiger charge is 2.18. The van der Waals surface area contributed by atoms with Gasteiger partial charge in [-0.25, -0.2) is 4.39 Å². The van der Waals surface area contributed by atoms with Crippen molar-refractivity contribution in [1.82, 2.24) is 4.31 Å². The average Bonchev–Trinajstić information content (AvgIpc) is 2.42. The second-order valence-electron chi connectivity index (χ2n) is 4.16. The standard InChI is InChI=1S/C14H19FN2O3S/c1-3-17(4-2)21(19,20)16-13-9-8-12(14(15)11-13)7-5-6-10-18/h8-9,11,16,18H,3-4,6,10H2,1-2H3. The molecule has 0 unspecified atom stereocenters. The number of aliphatic hydroxyl groups excluding tert-OH is 1. The molecule has 5 nitrogen and oxygen atoms in total. The maximum Gasteiger partial charge on any atom is 0.301 e. The van der Waals surface area contributed by atoms with Gasteiger partial charge >= 0.3 is 10.2 Å². The molecule has 0 aliphatic heterocycles. The zero-order valence-electron chi connectivity index (χ0n) is 12.1. The third-order valence-corrected chi connectivity index (χ3v) is 4.41. The van der Waals surface area contributed by atoms with Crippen LogP contribution < -0.4 is 4.72 Å². The molecule has 1 rings (SSSR count). The van der Waals surface area contributed by atoms with E-state index in [1.807, 2.05) is 0 Å². The summed E-state index contributed by atoms with van der Waals surface area (Å²) < 4.78 is 41.4. The van der Waals surface area contributed by atoms with Crippen LogP contribution in [0.1, 0.15) is 25.8 Å². The summed E-state index contributed by atoms with van der Waals surface area (Å²) >= 11 is 0. The van der Waals surface area contributed by atoms with E-state index in [9.17, 15) is 12.8 Å². The Kier molecular flexibility index (Phi) is 6.62. The summed E-state index contributed by atoms with van der Waals surface area (Å²) in [6.07, 6.45) is 0.260. The third-order valence-electron chi connectivity index (χ3n) is 2.72. The second-order valence-corrected chi connectivity index (χ2v) is 5.83. The summed E-state index contributed by atoms with van der Waals surface area (Å²) in [6.45, 7) is 4.03. The number of anilines is 1. The minimum atomic E-state index is -3.68. The molecule has 0 aliphatic rings. The van der Waals surface area contributed by atoms with Gasteiger partial charge < -0.3 is 5.11 Å². The zero-order chi connectivity index (χ0) is 15.9. The second kappa shape index (κ2) is 7.98. The van der Waals surface area contributed by atoms with Crippen LogP contribution in [0, 0.1) is 17.7 Å².